The summed E-state index contributed by atoms with van der Waals surface area (Å²) in [4.78, 5) is 4.26. The fourth-order valence-corrected chi connectivity index (χ4v) is 3.89. The molecular formula is C18H23NO. The average molecular weight is 269 g/mol. The van der Waals surface area contributed by atoms with Gasteiger partial charge in [-0.25, -0.2) is 0 Å². The maximum Gasteiger partial charge on any atom is 0.0933 e. The maximum absolute atomic E-state index is 11.4. The lowest BCUT2D eigenvalue weighted by Crippen LogP contribution is -2.40. The first-order valence-corrected chi connectivity index (χ1v) is 7.68. The van der Waals surface area contributed by atoms with Crippen LogP contribution in [0.15, 0.2) is 36.7 Å². The fourth-order valence-electron chi connectivity index (χ4n) is 3.89. The molecule has 2 aromatic rings. The van der Waals surface area contributed by atoms with Crippen LogP contribution >= 0.6 is 0 Å². The Morgan fingerprint density at radius 3 is 2.90 bits per heavy atom. The zero-order valence-electron chi connectivity index (χ0n) is 12.3. The SMILES string of the molecule is CC(C)C1CCCCC1(O)c1cccc2ccncc12. The van der Waals surface area contributed by atoms with Crippen molar-refractivity contribution in [3.05, 3.63) is 42.2 Å². The fraction of sp³-hybridized carbons (Fsp3) is 0.500. The van der Waals surface area contributed by atoms with Crippen LogP contribution in [0.2, 0.25) is 0 Å². The Hall–Kier alpha value is -1.41. The summed E-state index contributed by atoms with van der Waals surface area (Å²) in [5, 5.41) is 13.7. The molecule has 0 bridgehead atoms. The van der Waals surface area contributed by atoms with Gasteiger partial charge in [0, 0.05) is 17.8 Å². The van der Waals surface area contributed by atoms with Crippen LogP contribution in [0.4, 0.5) is 0 Å². The first-order valence-electron chi connectivity index (χ1n) is 7.68. The van der Waals surface area contributed by atoms with Gasteiger partial charge in [0.2, 0.25) is 0 Å². The largest absolute Gasteiger partial charge is 0.385 e. The van der Waals surface area contributed by atoms with Gasteiger partial charge < -0.3 is 5.11 Å². The van der Waals surface area contributed by atoms with Gasteiger partial charge >= 0.3 is 0 Å². The van der Waals surface area contributed by atoms with Gasteiger partial charge in [-0.15, -0.1) is 0 Å². The summed E-state index contributed by atoms with van der Waals surface area (Å²) in [5.74, 6) is 0.828. The molecule has 106 valence electrons. The van der Waals surface area contributed by atoms with E-state index in [1.807, 2.05) is 18.5 Å². The van der Waals surface area contributed by atoms with Crippen LogP contribution in [0.3, 0.4) is 0 Å². The van der Waals surface area contributed by atoms with Gasteiger partial charge in [-0.3, -0.25) is 4.98 Å². The molecule has 2 heteroatoms. The van der Waals surface area contributed by atoms with Crippen molar-refractivity contribution in [1.29, 1.82) is 0 Å². The number of pyridine rings is 1. The van der Waals surface area contributed by atoms with E-state index in [1.165, 1.54) is 11.8 Å². The van der Waals surface area contributed by atoms with Crippen molar-refractivity contribution in [2.45, 2.75) is 45.1 Å². The van der Waals surface area contributed by atoms with Gasteiger partial charge in [-0.1, -0.05) is 44.9 Å². The topological polar surface area (TPSA) is 33.1 Å². The summed E-state index contributed by atoms with van der Waals surface area (Å²) in [6.45, 7) is 4.45. The lowest BCUT2D eigenvalue weighted by molar-refractivity contribution is -0.0709. The molecule has 1 aliphatic rings. The molecule has 1 aromatic carbocycles. The lowest BCUT2D eigenvalue weighted by Gasteiger charge is -2.43. The Kier molecular flexibility index (Phi) is 3.51. The smallest absolute Gasteiger partial charge is 0.0933 e. The summed E-state index contributed by atoms with van der Waals surface area (Å²) < 4.78 is 0. The van der Waals surface area contributed by atoms with E-state index >= 15 is 0 Å². The third-order valence-corrected chi connectivity index (χ3v) is 4.89. The third-order valence-electron chi connectivity index (χ3n) is 4.89. The van der Waals surface area contributed by atoms with Crippen LogP contribution < -0.4 is 0 Å². The summed E-state index contributed by atoms with van der Waals surface area (Å²) in [6.07, 6.45) is 8.03. The molecular weight excluding hydrogens is 246 g/mol. The molecule has 1 saturated carbocycles. The van der Waals surface area contributed by atoms with Gasteiger partial charge in [0.1, 0.15) is 0 Å². The summed E-state index contributed by atoms with van der Waals surface area (Å²) in [5.41, 5.74) is 0.371. The Morgan fingerprint density at radius 2 is 2.10 bits per heavy atom. The highest BCUT2D eigenvalue weighted by atomic mass is 16.3. The number of hydrogen-bond donors (Lipinski definition) is 1. The van der Waals surface area contributed by atoms with Gasteiger partial charge in [-0.2, -0.15) is 0 Å². The predicted octanol–water partition coefficient (Wildman–Crippen LogP) is 4.27. The second-order valence-corrected chi connectivity index (χ2v) is 6.42. The van der Waals surface area contributed by atoms with E-state index in [2.05, 4.69) is 37.0 Å². The molecule has 0 amide bonds. The molecule has 2 nitrogen and oxygen atoms in total. The van der Waals surface area contributed by atoms with Crippen LogP contribution in [0.5, 0.6) is 0 Å². The molecule has 1 aliphatic carbocycles. The Balaban J connectivity index is 2.17. The third kappa shape index (κ3) is 2.12. The number of rotatable bonds is 2. The van der Waals surface area contributed by atoms with Crippen LogP contribution in [-0.4, -0.2) is 10.1 Å². The minimum atomic E-state index is -0.699. The van der Waals surface area contributed by atoms with Crippen LogP contribution in [-0.2, 0) is 5.60 Å². The Bertz CT molecular complexity index is 602. The lowest BCUT2D eigenvalue weighted by atomic mass is 9.66. The number of aromatic nitrogens is 1. The molecule has 3 rings (SSSR count). The monoisotopic (exact) mass is 269 g/mol. The predicted molar refractivity (Wildman–Crippen MR) is 82.4 cm³/mol. The molecule has 0 aliphatic heterocycles. The molecule has 1 N–H and O–H groups in total. The molecule has 0 radical (unpaired) electrons. The van der Waals surface area contributed by atoms with E-state index in [4.69, 9.17) is 0 Å². The molecule has 2 atom stereocenters. The van der Waals surface area contributed by atoms with Crippen molar-refractivity contribution >= 4 is 10.8 Å². The maximum atomic E-state index is 11.4. The second kappa shape index (κ2) is 5.17. The van der Waals surface area contributed by atoms with Crippen molar-refractivity contribution in [1.82, 2.24) is 4.98 Å². The molecule has 0 saturated heterocycles. The van der Waals surface area contributed by atoms with E-state index in [0.29, 0.717) is 11.8 Å². The molecule has 0 spiro atoms. The van der Waals surface area contributed by atoms with Crippen molar-refractivity contribution in [2.24, 2.45) is 11.8 Å². The number of hydrogen-bond acceptors (Lipinski definition) is 2. The summed E-state index contributed by atoms with van der Waals surface area (Å²) in [6, 6.07) is 8.26. The average Bonchev–Trinajstić information content (AvgIpc) is 2.46. The van der Waals surface area contributed by atoms with Crippen LogP contribution in [0.1, 0.15) is 45.1 Å². The summed E-state index contributed by atoms with van der Waals surface area (Å²) in [7, 11) is 0. The van der Waals surface area contributed by atoms with Crippen molar-refractivity contribution in [3.63, 3.8) is 0 Å². The molecule has 2 unspecified atom stereocenters. The molecule has 1 heterocycles. The highest BCUT2D eigenvalue weighted by Crippen LogP contribution is 2.46. The minimum absolute atomic E-state index is 0.335. The van der Waals surface area contributed by atoms with Crippen LogP contribution in [0.25, 0.3) is 10.8 Å². The van der Waals surface area contributed by atoms with Crippen molar-refractivity contribution in [2.75, 3.05) is 0 Å². The summed E-state index contributed by atoms with van der Waals surface area (Å²) >= 11 is 0. The van der Waals surface area contributed by atoms with Gasteiger partial charge in [0.15, 0.2) is 0 Å². The molecule has 20 heavy (non-hydrogen) atoms. The van der Waals surface area contributed by atoms with Gasteiger partial charge in [0.05, 0.1) is 5.60 Å². The van der Waals surface area contributed by atoms with E-state index in [0.717, 1.165) is 30.2 Å². The minimum Gasteiger partial charge on any atom is -0.385 e. The molecule has 1 aromatic heterocycles. The Morgan fingerprint density at radius 1 is 1.25 bits per heavy atom. The highest BCUT2D eigenvalue weighted by Gasteiger charge is 2.42. The van der Waals surface area contributed by atoms with E-state index < -0.39 is 5.60 Å². The number of aliphatic hydroxyl groups is 1. The number of fused-ring (bicyclic) bond motifs is 1. The molecule has 1 fully saturated rings. The van der Waals surface area contributed by atoms with Crippen molar-refractivity contribution < 1.29 is 5.11 Å². The standard InChI is InChI=1S/C18H23NO/c1-13(2)16-7-3-4-10-18(16,20)17-8-5-6-14-9-11-19-12-15(14)17/h5-6,8-9,11-13,16,20H,3-4,7,10H2,1-2H3. The van der Waals surface area contributed by atoms with Crippen molar-refractivity contribution in [3.8, 4) is 0 Å². The number of benzene rings is 1. The van der Waals surface area contributed by atoms with Gasteiger partial charge in [-0.05, 0) is 41.7 Å². The van der Waals surface area contributed by atoms with Gasteiger partial charge in [0.25, 0.3) is 0 Å². The van der Waals surface area contributed by atoms with E-state index in [1.54, 1.807) is 0 Å². The first kappa shape index (κ1) is 13.6. The quantitative estimate of drug-likeness (QED) is 0.883. The normalized spacial score (nSPS) is 27.1. The number of nitrogens with zero attached hydrogens (tertiary/aromatic N) is 1. The first-order chi connectivity index (χ1) is 9.63. The van der Waals surface area contributed by atoms with E-state index in [9.17, 15) is 5.11 Å². The highest BCUT2D eigenvalue weighted by molar-refractivity contribution is 5.85. The zero-order valence-corrected chi connectivity index (χ0v) is 12.3. The van der Waals surface area contributed by atoms with Crippen LogP contribution in [0, 0.1) is 11.8 Å². The second-order valence-electron chi connectivity index (χ2n) is 6.42. The Labute approximate surface area is 120 Å². The van der Waals surface area contributed by atoms with E-state index in [-0.39, 0.29) is 0 Å². The zero-order chi connectivity index (χ0) is 14.2.